The Hall–Kier alpha value is -2.01. The van der Waals surface area contributed by atoms with Crippen LogP contribution in [-0.2, 0) is 0 Å². The second kappa shape index (κ2) is 10.1. The van der Waals surface area contributed by atoms with Gasteiger partial charge in [0, 0.05) is 12.1 Å². The van der Waals surface area contributed by atoms with Gasteiger partial charge in [-0.1, -0.05) is 50.8 Å². The van der Waals surface area contributed by atoms with Gasteiger partial charge in [-0.05, 0) is 30.7 Å². The minimum atomic E-state index is 0.0138. The van der Waals surface area contributed by atoms with Crippen LogP contribution >= 0.6 is 11.8 Å². The van der Waals surface area contributed by atoms with Crippen molar-refractivity contribution in [2.24, 2.45) is 0 Å². The predicted molar refractivity (Wildman–Crippen MR) is 101 cm³/mol. The molecule has 0 aromatic heterocycles. The van der Waals surface area contributed by atoms with Crippen LogP contribution in [0.25, 0.3) is 0 Å². The Morgan fingerprint density at radius 2 is 1.44 bits per heavy atom. The smallest absolute Gasteiger partial charge is 0.136 e. The molecule has 0 saturated carbocycles. The molecule has 0 fully saturated rings. The quantitative estimate of drug-likeness (QED) is 0.473. The lowest BCUT2D eigenvalue weighted by atomic mass is 10.1. The van der Waals surface area contributed by atoms with E-state index in [1.165, 1.54) is 49.6 Å². The zero-order chi connectivity index (χ0) is 18.1. The largest absolute Gasteiger partial charge is 0.508 e. The van der Waals surface area contributed by atoms with Crippen LogP contribution in [0.15, 0.2) is 46.2 Å². The summed E-state index contributed by atoms with van der Waals surface area (Å²) >= 11 is 1.34. The fraction of sp³-hybridized carbons (Fsp3) is 0.400. The molecule has 0 atom stereocenters. The second-order valence-electron chi connectivity index (χ2n) is 6.00. The molecule has 0 unspecified atom stereocenters. The molecule has 0 amide bonds. The van der Waals surface area contributed by atoms with Gasteiger partial charge in [0.15, 0.2) is 0 Å². The number of hydrogen-bond acceptors (Lipinski definition) is 5. The summed E-state index contributed by atoms with van der Waals surface area (Å²) in [5.41, 5.74) is 0. The molecule has 0 radical (unpaired) electrons. The summed E-state index contributed by atoms with van der Waals surface area (Å²) in [5, 5.41) is 29.1. The fourth-order valence-electron chi connectivity index (χ4n) is 2.47. The fourth-order valence-corrected chi connectivity index (χ4v) is 3.36. The molecule has 2 aromatic rings. The van der Waals surface area contributed by atoms with Gasteiger partial charge in [-0.25, -0.2) is 0 Å². The number of hydrogen-bond donors (Lipinski definition) is 3. The van der Waals surface area contributed by atoms with E-state index in [2.05, 4.69) is 6.92 Å². The first-order chi connectivity index (χ1) is 12.1. The molecule has 0 aliphatic rings. The zero-order valence-corrected chi connectivity index (χ0v) is 15.4. The van der Waals surface area contributed by atoms with Gasteiger partial charge in [-0.3, -0.25) is 0 Å². The van der Waals surface area contributed by atoms with Gasteiger partial charge in [0.2, 0.25) is 0 Å². The summed E-state index contributed by atoms with van der Waals surface area (Å²) < 4.78 is 5.85. The summed E-state index contributed by atoms with van der Waals surface area (Å²) in [6.45, 7) is 2.81. The molecule has 136 valence electrons. The van der Waals surface area contributed by atoms with Crippen LogP contribution in [0.4, 0.5) is 0 Å². The van der Waals surface area contributed by atoms with E-state index in [4.69, 9.17) is 4.74 Å². The van der Waals surface area contributed by atoms with Crippen LogP contribution in [0.3, 0.4) is 0 Å². The van der Waals surface area contributed by atoms with E-state index in [0.717, 1.165) is 17.7 Å². The van der Waals surface area contributed by atoms with E-state index < -0.39 is 0 Å². The average molecular weight is 362 g/mol. The van der Waals surface area contributed by atoms with Crippen molar-refractivity contribution in [3.05, 3.63) is 36.4 Å². The van der Waals surface area contributed by atoms with Crippen LogP contribution < -0.4 is 4.74 Å². The Labute approximate surface area is 153 Å². The summed E-state index contributed by atoms with van der Waals surface area (Å²) in [6.07, 6.45) is 7.13. The van der Waals surface area contributed by atoms with E-state index in [9.17, 15) is 15.3 Å². The number of rotatable bonds is 10. The molecule has 0 saturated heterocycles. The average Bonchev–Trinajstić information content (AvgIpc) is 2.58. The predicted octanol–water partition coefficient (Wildman–Crippen LogP) is 5.69. The standard InChI is InChI=1S/C20H26O4S/c1-2-3-4-5-6-7-12-24-18-14-16(22)9-11-20(18)25-19-10-8-15(21)13-17(19)23/h8-11,13-14,21-23H,2-7,12H2,1H3. The molecule has 0 aliphatic carbocycles. The third-order valence-corrected chi connectivity index (χ3v) is 4.97. The number of aromatic hydroxyl groups is 3. The highest BCUT2D eigenvalue weighted by Crippen LogP contribution is 2.41. The van der Waals surface area contributed by atoms with Crippen molar-refractivity contribution >= 4 is 11.8 Å². The topological polar surface area (TPSA) is 69.9 Å². The van der Waals surface area contributed by atoms with Gasteiger partial charge in [0.1, 0.15) is 23.0 Å². The highest BCUT2D eigenvalue weighted by Gasteiger charge is 2.10. The lowest BCUT2D eigenvalue weighted by molar-refractivity contribution is 0.296. The summed E-state index contributed by atoms with van der Waals surface area (Å²) in [4.78, 5) is 1.43. The monoisotopic (exact) mass is 362 g/mol. The van der Waals surface area contributed by atoms with Crippen molar-refractivity contribution in [3.63, 3.8) is 0 Å². The second-order valence-corrected chi connectivity index (χ2v) is 7.09. The van der Waals surface area contributed by atoms with Gasteiger partial charge in [-0.2, -0.15) is 0 Å². The lowest BCUT2D eigenvalue weighted by Gasteiger charge is -2.12. The van der Waals surface area contributed by atoms with Crippen molar-refractivity contribution < 1.29 is 20.1 Å². The van der Waals surface area contributed by atoms with Crippen LogP contribution in [-0.4, -0.2) is 21.9 Å². The molecule has 0 bridgehead atoms. The maximum Gasteiger partial charge on any atom is 0.136 e. The van der Waals surface area contributed by atoms with E-state index >= 15 is 0 Å². The molecule has 2 rings (SSSR count). The first kappa shape index (κ1) is 19.3. The van der Waals surface area contributed by atoms with Crippen LogP contribution in [0.5, 0.6) is 23.0 Å². The van der Waals surface area contributed by atoms with Gasteiger partial charge >= 0.3 is 0 Å². The maximum absolute atomic E-state index is 9.94. The molecule has 25 heavy (non-hydrogen) atoms. The number of ether oxygens (including phenoxy) is 1. The van der Waals surface area contributed by atoms with Gasteiger partial charge < -0.3 is 20.1 Å². The Bertz CT molecular complexity index is 673. The van der Waals surface area contributed by atoms with Crippen LogP contribution in [0.2, 0.25) is 0 Å². The summed E-state index contributed by atoms with van der Waals surface area (Å²) in [6, 6.07) is 9.44. The van der Waals surface area contributed by atoms with E-state index in [1.54, 1.807) is 24.3 Å². The van der Waals surface area contributed by atoms with Crippen molar-refractivity contribution in [2.75, 3.05) is 6.61 Å². The summed E-state index contributed by atoms with van der Waals surface area (Å²) in [5.74, 6) is 0.787. The van der Waals surface area contributed by atoms with Crippen molar-refractivity contribution in [1.29, 1.82) is 0 Å². The normalized spacial score (nSPS) is 10.8. The van der Waals surface area contributed by atoms with Gasteiger partial charge in [-0.15, -0.1) is 0 Å². The highest BCUT2D eigenvalue weighted by molar-refractivity contribution is 7.99. The van der Waals surface area contributed by atoms with Crippen LogP contribution in [0, 0.1) is 0 Å². The van der Waals surface area contributed by atoms with Crippen molar-refractivity contribution in [1.82, 2.24) is 0 Å². The summed E-state index contributed by atoms with van der Waals surface area (Å²) in [7, 11) is 0. The lowest BCUT2D eigenvalue weighted by Crippen LogP contribution is -1.98. The Morgan fingerprint density at radius 3 is 2.16 bits per heavy atom. The number of benzene rings is 2. The molecular weight excluding hydrogens is 336 g/mol. The highest BCUT2D eigenvalue weighted by atomic mass is 32.2. The SMILES string of the molecule is CCCCCCCCOc1cc(O)ccc1Sc1ccc(O)cc1O. The van der Waals surface area contributed by atoms with Crippen molar-refractivity contribution in [3.8, 4) is 23.0 Å². The molecule has 5 heteroatoms. The Kier molecular flexibility index (Phi) is 7.79. The molecule has 2 aromatic carbocycles. The van der Waals surface area contributed by atoms with Gasteiger partial charge in [0.05, 0.1) is 16.4 Å². The molecule has 0 aliphatic heterocycles. The van der Waals surface area contributed by atoms with E-state index in [-0.39, 0.29) is 17.2 Å². The molecule has 4 nitrogen and oxygen atoms in total. The molecular formula is C20H26O4S. The third kappa shape index (κ3) is 6.42. The third-order valence-electron chi connectivity index (χ3n) is 3.85. The minimum Gasteiger partial charge on any atom is -0.508 e. The van der Waals surface area contributed by atoms with Crippen molar-refractivity contribution in [2.45, 2.75) is 55.2 Å². The first-order valence-electron chi connectivity index (χ1n) is 8.76. The van der Waals surface area contributed by atoms with E-state index in [0.29, 0.717) is 17.3 Å². The molecule has 0 spiro atoms. The number of phenolic OH excluding ortho intramolecular Hbond substituents is 3. The molecule has 3 N–H and O–H groups in total. The van der Waals surface area contributed by atoms with Crippen LogP contribution in [0.1, 0.15) is 45.4 Å². The Morgan fingerprint density at radius 1 is 0.800 bits per heavy atom. The molecule has 0 heterocycles. The number of unbranched alkanes of at least 4 members (excludes halogenated alkanes) is 5. The first-order valence-corrected chi connectivity index (χ1v) is 9.57. The van der Waals surface area contributed by atoms with Gasteiger partial charge in [0.25, 0.3) is 0 Å². The zero-order valence-electron chi connectivity index (χ0n) is 14.6. The number of phenols is 3. The van der Waals surface area contributed by atoms with E-state index in [1.807, 2.05) is 0 Å². The maximum atomic E-state index is 9.94. The minimum absolute atomic E-state index is 0.0138. The Balaban J connectivity index is 1.95.